The Morgan fingerprint density at radius 1 is 0.904 bits per heavy atom. The second-order valence-electron chi connectivity index (χ2n) is 15.0. The van der Waals surface area contributed by atoms with Gasteiger partial charge in [0, 0.05) is 5.92 Å². The van der Waals surface area contributed by atoms with E-state index in [9.17, 15) is 24.9 Å². The number of hydrogen-bond donors (Lipinski definition) is 3. The molecule has 2 heterocycles. The molecule has 8 nitrogen and oxygen atoms in total. The third kappa shape index (κ3) is 7.16. The van der Waals surface area contributed by atoms with E-state index < -0.39 is 38.8 Å². The van der Waals surface area contributed by atoms with Gasteiger partial charge in [-0.05, 0) is 83.1 Å². The molecule has 272 valence electrons. The Labute approximate surface area is 307 Å². The first-order valence-corrected chi connectivity index (χ1v) is 20.0. The maximum Gasteiger partial charge on any atom is 0.261 e. The van der Waals surface area contributed by atoms with Gasteiger partial charge in [-0.2, -0.15) is 0 Å². The number of hydrogen-bond acceptors (Lipinski definition) is 7. The van der Waals surface area contributed by atoms with Gasteiger partial charge in [0.05, 0.1) is 36.8 Å². The minimum Gasteiger partial charge on any atom is -0.459 e. The summed E-state index contributed by atoms with van der Waals surface area (Å²) in [5.74, 6) is -1.84. The van der Waals surface area contributed by atoms with E-state index in [1.54, 1.807) is 36.4 Å². The molecule has 1 aliphatic carbocycles. The fraction of sp³-hybridized carbons (Fsp3) is 0.349. The number of anilines is 1. The molecule has 0 saturated carbocycles. The van der Waals surface area contributed by atoms with Crippen molar-refractivity contribution in [2.45, 2.75) is 64.7 Å². The highest BCUT2D eigenvalue weighted by molar-refractivity contribution is 6.99. The van der Waals surface area contributed by atoms with Gasteiger partial charge in [-0.1, -0.05) is 105 Å². The van der Waals surface area contributed by atoms with E-state index in [-0.39, 0.29) is 36.5 Å². The number of benzene rings is 3. The highest BCUT2D eigenvalue weighted by Gasteiger charge is 2.56. The Kier molecular flexibility index (Phi) is 11.3. The third-order valence-electron chi connectivity index (χ3n) is 10.7. The van der Waals surface area contributed by atoms with E-state index in [1.165, 1.54) is 4.90 Å². The van der Waals surface area contributed by atoms with Crippen LogP contribution < -0.4 is 15.3 Å². The van der Waals surface area contributed by atoms with Gasteiger partial charge >= 0.3 is 0 Å². The number of carbonyl (C=O) groups excluding carboxylic acids is 2. The van der Waals surface area contributed by atoms with Crippen LogP contribution in [0.3, 0.4) is 0 Å². The number of nitrogens with zero attached hydrogens (tertiary/aromatic N) is 1. The van der Waals surface area contributed by atoms with Gasteiger partial charge in [0.15, 0.2) is 0 Å². The molecular formula is C43H49NO7Si. The smallest absolute Gasteiger partial charge is 0.261 e. The van der Waals surface area contributed by atoms with Crippen molar-refractivity contribution in [2.75, 3.05) is 18.1 Å². The molecule has 1 aliphatic heterocycles. The van der Waals surface area contributed by atoms with Crippen LogP contribution in [-0.2, 0) is 20.6 Å². The first-order valence-electron chi connectivity index (χ1n) is 18.1. The normalized spacial score (nSPS) is 20.4. The average Bonchev–Trinajstić information content (AvgIpc) is 3.71. The van der Waals surface area contributed by atoms with Crippen LogP contribution in [0.15, 0.2) is 124 Å². The summed E-state index contributed by atoms with van der Waals surface area (Å²) in [7, 11) is -3.02. The van der Waals surface area contributed by atoms with Gasteiger partial charge in [0.1, 0.15) is 18.1 Å². The third-order valence-corrected chi connectivity index (χ3v) is 15.7. The van der Waals surface area contributed by atoms with E-state index >= 15 is 0 Å². The fourth-order valence-electron chi connectivity index (χ4n) is 8.27. The fourth-order valence-corrected chi connectivity index (χ4v) is 12.8. The number of fused-ring (bicyclic) bond motifs is 1. The van der Waals surface area contributed by atoms with Crippen molar-refractivity contribution in [2.24, 2.45) is 17.8 Å². The lowest BCUT2D eigenvalue weighted by Gasteiger charge is -2.44. The number of amides is 2. The summed E-state index contributed by atoms with van der Waals surface area (Å²) in [6, 6.07) is 33.0. The van der Waals surface area contributed by atoms with E-state index in [0.29, 0.717) is 35.6 Å². The molecule has 4 aromatic rings. The maximum absolute atomic E-state index is 14.1. The van der Waals surface area contributed by atoms with Crippen molar-refractivity contribution < 1.29 is 33.8 Å². The van der Waals surface area contributed by atoms with Crippen molar-refractivity contribution in [1.82, 2.24) is 0 Å². The van der Waals surface area contributed by atoms with Crippen LogP contribution in [0.25, 0.3) is 6.08 Å². The molecular weight excluding hydrogens is 671 g/mol. The van der Waals surface area contributed by atoms with Crippen LogP contribution in [0.5, 0.6) is 0 Å². The molecule has 1 saturated heterocycles. The molecule has 0 spiro atoms. The molecule has 1 aromatic heterocycles. The number of aliphatic hydroxyl groups excluding tert-OH is 3. The van der Waals surface area contributed by atoms with E-state index in [1.807, 2.05) is 55.5 Å². The molecule has 2 aliphatic rings. The summed E-state index contributed by atoms with van der Waals surface area (Å²) in [6.07, 6.45) is 1.96. The largest absolute Gasteiger partial charge is 0.459 e. The highest BCUT2D eigenvalue weighted by atomic mass is 28.4. The van der Waals surface area contributed by atoms with Crippen LogP contribution >= 0.6 is 0 Å². The van der Waals surface area contributed by atoms with Crippen molar-refractivity contribution >= 4 is 42.3 Å². The van der Waals surface area contributed by atoms with Crippen LogP contribution in [0, 0.1) is 17.8 Å². The molecule has 52 heavy (non-hydrogen) atoms. The minimum absolute atomic E-state index is 0.136. The van der Waals surface area contributed by atoms with Gasteiger partial charge in [-0.25, -0.2) is 0 Å². The number of carbonyl (C=O) groups is 2. The number of rotatable bonds is 13. The lowest BCUT2D eigenvalue weighted by atomic mass is 9.68. The predicted molar refractivity (Wildman–Crippen MR) is 205 cm³/mol. The Morgan fingerprint density at radius 3 is 2.04 bits per heavy atom. The van der Waals surface area contributed by atoms with E-state index in [2.05, 4.69) is 45.0 Å². The lowest BCUT2D eigenvalue weighted by Crippen LogP contribution is -2.66. The number of furan rings is 1. The van der Waals surface area contributed by atoms with Crippen molar-refractivity contribution in [3.63, 3.8) is 0 Å². The van der Waals surface area contributed by atoms with Gasteiger partial charge in [0.25, 0.3) is 8.32 Å². The molecule has 3 N–H and O–H groups in total. The molecule has 0 bridgehead atoms. The number of aliphatic hydroxyl groups is 3. The van der Waals surface area contributed by atoms with Crippen LogP contribution in [0.4, 0.5) is 5.69 Å². The highest BCUT2D eigenvalue weighted by Crippen LogP contribution is 2.48. The van der Waals surface area contributed by atoms with Gasteiger partial charge in [-0.15, -0.1) is 0 Å². The van der Waals surface area contributed by atoms with Gasteiger partial charge < -0.3 is 24.2 Å². The second kappa shape index (κ2) is 15.7. The molecule has 0 radical (unpaired) electrons. The van der Waals surface area contributed by atoms with Crippen LogP contribution in [0.1, 0.15) is 58.5 Å². The van der Waals surface area contributed by atoms with Crippen LogP contribution in [0.2, 0.25) is 5.04 Å². The van der Waals surface area contributed by atoms with Gasteiger partial charge in [0.2, 0.25) is 11.8 Å². The second-order valence-corrected chi connectivity index (χ2v) is 19.3. The molecule has 0 unspecified atom stereocenters. The summed E-state index contributed by atoms with van der Waals surface area (Å²) in [5, 5.41) is 34.4. The molecule has 2 amide bonds. The number of para-hydroxylation sites is 1. The Balaban J connectivity index is 1.41. The zero-order chi connectivity index (χ0) is 37.0. The Morgan fingerprint density at radius 2 is 1.50 bits per heavy atom. The molecule has 6 rings (SSSR count). The summed E-state index contributed by atoms with van der Waals surface area (Å²) < 4.78 is 13.0. The monoisotopic (exact) mass is 719 g/mol. The zero-order valence-electron chi connectivity index (χ0n) is 30.4. The van der Waals surface area contributed by atoms with Crippen molar-refractivity contribution in [1.29, 1.82) is 0 Å². The van der Waals surface area contributed by atoms with Crippen molar-refractivity contribution in [3.05, 3.63) is 131 Å². The minimum atomic E-state index is -3.02. The number of allylic oxidation sites excluding steroid dienone is 1. The Bertz CT molecular complexity index is 1870. The number of imide groups is 1. The quantitative estimate of drug-likeness (QED) is 0.0880. The van der Waals surface area contributed by atoms with E-state index in [4.69, 9.17) is 8.84 Å². The average molecular weight is 720 g/mol. The molecule has 4 atom stereocenters. The molecule has 1 fully saturated rings. The Hall–Kier alpha value is -4.38. The maximum atomic E-state index is 14.1. The van der Waals surface area contributed by atoms with Crippen LogP contribution in [-0.4, -0.2) is 54.8 Å². The zero-order valence-corrected chi connectivity index (χ0v) is 31.4. The summed E-state index contributed by atoms with van der Waals surface area (Å²) in [4.78, 5) is 29.5. The van der Waals surface area contributed by atoms with E-state index in [0.717, 1.165) is 21.5 Å². The SMILES string of the molecule is C/C(=C\c1ccc(CO)o1)CC[C@@H](O)C1=C(CO[Si](c2ccccc2)(c2ccccc2)C(C)(C)C)C[C@H]2C(=O)N(c3ccccc3)C(=O)[C@H]2[C@H]1CO. The lowest BCUT2D eigenvalue weighted by molar-refractivity contribution is -0.123. The predicted octanol–water partition coefficient (Wildman–Crippen LogP) is 6.01. The standard InChI is InChI=1S/C43H49NO7Si/c1-29(24-32-21-22-33(26-45)51-32)20-23-38(47)39-30(25-36-40(37(39)27-46)42(49)44(41(36)48)31-14-8-5-9-15-31)28-50-52(43(2,3)4,34-16-10-6-11-17-34)35-18-12-7-13-19-35/h5-19,21-22,24,36-38,40,45-47H,20,23,25-28H2,1-4H3/b29-24+/t36-,37+,38-,40-/m1/s1. The topological polar surface area (TPSA) is 120 Å². The summed E-state index contributed by atoms with van der Waals surface area (Å²) in [5.41, 5.74) is 2.81. The first-order chi connectivity index (χ1) is 25.0. The summed E-state index contributed by atoms with van der Waals surface area (Å²) in [6.45, 7) is 8.10. The summed E-state index contributed by atoms with van der Waals surface area (Å²) >= 11 is 0. The van der Waals surface area contributed by atoms with Crippen molar-refractivity contribution in [3.8, 4) is 0 Å². The molecule has 3 aromatic carbocycles. The first kappa shape index (κ1) is 37.4. The molecule has 9 heteroatoms. The van der Waals surface area contributed by atoms with Gasteiger partial charge in [-0.3, -0.25) is 14.5 Å².